The summed E-state index contributed by atoms with van der Waals surface area (Å²) in [7, 11) is 0. The Morgan fingerprint density at radius 3 is 2.00 bits per heavy atom. The number of nitrogens with zero attached hydrogens (tertiary/aromatic N) is 1. The van der Waals surface area contributed by atoms with Crippen LogP contribution >= 0.6 is 0 Å². The predicted molar refractivity (Wildman–Crippen MR) is 68.4 cm³/mol. The van der Waals surface area contributed by atoms with E-state index in [4.69, 9.17) is 0 Å². The average Bonchev–Trinajstić information content (AvgIpc) is 2.66. The van der Waals surface area contributed by atoms with Gasteiger partial charge in [0.2, 0.25) is 0 Å². The summed E-state index contributed by atoms with van der Waals surface area (Å²) >= 11 is 0. The second kappa shape index (κ2) is 4.68. The smallest absolute Gasteiger partial charge is 0.0152 e. The van der Waals surface area contributed by atoms with Crippen molar-refractivity contribution in [3.05, 3.63) is 0 Å². The molecule has 0 spiro atoms. The quantitative estimate of drug-likeness (QED) is 0.653. The van der Waals surface area contributed by atoms with Gasteiger partial charge in [-0.2, -0.15) is 0 Å². The minimum Gasteiger partial charge on any atom is -0.300 e. The molecule has 1 aliphatic heterocycles. The molecule has 16 heavy (non-hydrogen) atoms. The number of hydrogen-bond acceptors (Lipinski definition) is 1. The fourth-order valence-electron chi connectivity index (χ4n) is 4.65. The molecular weight excluding hydrogens is 194 g/mol. The van der Waals surface area contributed by atoms with E-state index in [-0.39, 0.29) is 0 Å². The van der Waals surface area contributed by atoms with E-state index < -0.39 is 0 Å². The maximum atomic E-state index is 2.88. The van der Waals surface area contributed by atoms with E-state index in [0.29, 0.717) is 0 Å². The molecule has 3 fully saturated rings. The maximum Gasteiger partial charge on any atom is 0.0152 e. The highest BCUT2D eigenvalue weighted by Crippen LogP contribution is 2.42. The van der Waals surface area contributed by atoms with Crippen molar-refractivity contribution in [1.29, 1.82) is 0 Å². The first-order valence-corrected chi connectivity index (χ1v) is 7.58. The fraction of sp³-hybridized carbons (Fsp3) is 1.00. The van der Waals surface area contributed by atoms with E-state index >= 15 is 0 Å². The number of hydrogen-bond donors (Lipinski definition) is 0. The minimum absolute atomic E-state index is 0.962. The van der Waals surface area contributed by atoms with Gasteiger partial charge in [0.25, 0.3) is 0 Å². The highest BCUT2D eigenvalue weighted by molar-refractivity contribution is 4.93. The lowest BCUT2D eigenvalue weighted by Crippen LogP contribution is -2.46. The number of fused-ring (bicyclic) bond motifs is 2. The fourth-order valence-corrected chi connectivity index (χ4v) is 4.65. The van der Waals surface area contributed by atoms with Gasteiger partial charge >= 0.3 is 0 Å². The molecule has 0 amide bonds. The van der Waals surface area contributed by atoms with E-state index in [1.165, 1.54) is 64.5 Å². The molecule has 0 aromatic heterocycles. The Morgan fingerprint density at radius 1 is 0.812 bits per heavy atom. The Kier molecular flexibility index (Phi) is 3.24. The van der Waals surface area contributed by atoms with Gasteiger partial charge < -0.3 is 0 Å². The van der Waals surface area contributed by atoms with Crippen LogP contribution in [0.4, 0.5) is 0 Å². The van der Waals surface area contributed by atoms with E-state index in [1.54, 1.807) is 0 Å². The largest absolute Gasteiger partial charge is 0.300 e. The van der Waals surface area contributed by atoms with E-state index in [9.17, 15) is 0 Å². The van der Waals surface area contributed by atoms with Crippen molar-refractivity contribution in [2.24, 2.45) is 17.8 Å². The summed E-state index contributed by atoms with van der Waals surface area (Å²) in [5.74, 6) is 3.09. The van der Waals surface area contributed by atoms with Crippen LogP contribution in [0, 0.1) is 17.8 Å². The Bertz CT molecular complexity index is 224. The van der Waals surface area contributed by atoms with Gasteiger partial charge in [0.1, 0.15) is 0 Å². The molecule has 2 bridgehead atoms. The van der Waals surface area contributed by atoms with Crippen LogP contribution in [-0.2, 0) is 0 Å². The van der Waals surface area contributed by atoms with Crippen LogP contribution in [0.5, 0.6) is 0 Å². The van der Waals surface area contributed by atoms with Gasteiger partial charge in [-0.15, -0.1) is 0 Å². The second-order valence-corrected chi connectivity index (χ2v) is 6.61. The molecule has 2 saturated carbocycles. The van der Waals surface area contributed by atoms with Crippen LogP contribution in [-0.4, -0.2) is 24.0 Å². The van der Waals surface area contributed by atoms with Crippen molar-refractivity contribution < 1.29 is 0 Å². The van der Waals surface area contributed by atoms with Crippen molar-refractivity contribution in [3.8, 4) is 0 Å². The Labute approximate surface area is 101 Å². The first-order valence-electron chi connectivity index (χ1n) is 7.58. The van der Waals surface area contributed by atoms with Crippen LogP contribution in [0.2, 0.25) is 0 Å². The van der Waals surface area contributed by atoms with Crippen LogP contribution in [0.15, 0.2) is 0 Å². The summed E-state index contributed by atoms with van der Waals surface area (Å²) in [5, 5.41) is 0. The van der Waals surface area contributed by atoms with Crippen molar-refractivity contribution in [1.82, 2.24) is 4.90 Å². The molecule has 3 atom stereocenters. The van der Waals surface area contributed by atoms with Gasteiger partial charge in [-0.05, 0) is 56.4 Å². The summed E-state index contributed by atoms with van der Waals surface area (Å²) in [6, 6.07) is 0.987. The van der Waals surface area contributed by atoms with Gasteiger partial charge in [0.15, 0.2) is 0 Å². The third kappa shape index (κ3) is 2.03. The van der Waals surface area contributed by atoms with E-state index in [2.05, 4.69) is 11.8 Å². The third-order valence-corrected chi connectivity index (χ3v) is 5.39. The molecule has 3 rings (SSSR count). The van der Waals surface area contributed by atoms with Crippen molar-refractivity contribution in [2.75, 3.05) is 13.1 Å². The molecular formula is C15H27N. The Balaban J connectivity index is 1.75. The van der Waals surface area contributed by atoms with Crippen molar-refractivity contribution >= 4 is 0 Å². The summed E-state index contributed by atoms with van der Waals surface area (Å²) in [4.78, 5) is 2.88. The molecule has 0 aromatic carbocycles. The topological polar surface area (TPSA) is 3.24 Å². The monoisotopic (exact) mass is 221 g/mol. The number of rotatable bonds is 1. The second-order valence-electron chi connectivity index (χ2n) is 6.61. The predicted octanol–water partition coefficient (Wildman–Crippen LogP) is 3.69. The van der Waals surface area contributed by atoms with E-state index in [0.717, 1.165) is 23.8 Å². The SMILES string of the molecule is CC1CCN(C2C3CCCCC2CCC3)C1. The first kappa shape index (κ1) is 11.1. The lowest BCUT2D eigenvalue weighted by Gasteiger charge is -2.42. The molecule has 1 heteroatoms. The Hall–Kier alpha value is -0.0400. The zero-order chi connectivity index (χ0) is 11.0. The van der Waals surface area contributed by atoms with Crippen molar-refractivity contribution in [2.45, 2.75) is 64.3 Å². The Morgan fingerprint density at radius 2 is 1.44 bits per heavy atom. The van der Waals surface area contributed by atoms with Gasteiger partial charge in [-0.25, -0.2) is 0 Å². The third-order valence-electron chi connectivity index (χ3n) is 5.39. The molecule has 2 aliphatic carbocycles. The van der Waals surface area contributed by atoms with Gasteiger partial charge in [-0.3, -0.25) is 4.90 Å². The van der Waals surface area contributed by atoms with Gasteiger partial charge in [-0.1, -0.05) is 26.2 Å². The van der Waals surface area contributed by atoms with Gasteiger partial charge in [0, 0.05) is 12.6 Å². The molecule has 3 aliphatic rings. The average molecular weight is 221 g/mol. The van der Waals surface area contributed by atoms with Crippen LogP contribution in [0.25, 0.3) is 0 Å². The standard InChI is InChI=1S/C15H27N/c1-12-9-10-16(11-12)15-13-5-2-3-6-14(15)8-4-7-13/h12-15H,2-11H2,1H3. The molecule has 1 heterocycles. The van der Waals surface area contributed by atoms with E-state index in [1.807, 2.05) is 0 Å². The molecule has 0 radical (unpaired) electrons. The van der Waals surface area contributed by atoms with Gasteiger partial charge in [0.05, 0.1) is 0 Å². The van der Waals surface area contributed by atoms with Crippen LogP contribution < -0.4 is 0 Å². The summed E-state index contributed by atoms with van der Waals surface area (Å²) in [6.45, 7) is 5.24. The molecule has 1 nitrogen and oxygen atoms in total. The molecule has 3 unspecified atom stereocenters. The first-order chi connectivity index (χ1) is 7.84. The summed E-state index contributed by atoms with van der Waals surface area (Å²) in [5.41, 5.74) is 0. The highest BCUT2D eigenvalue weighted by Gasteiger charge is 2.39. The lowest BCUT2D eigenvalue weighted by atomic mass is 9.75. The molecule has 92 valence electrons. The molecule has 0 aromatic rings. The minimum atomic E-state index is 0.962. The summed E-state index contributed by atoms with van der Waals surface area (Å²) in [6.07, 6.45) is 12.1. The van der Waals surface area contributed by atoms with Crippen LogP contribution in [0.3, 0.4) is 0 Å². The number of likely N-dealkylation sites (tertiary alicyclic amines) is 1. The maximum absolute atomic E-state index is 2.88. The van der Waals surface area contributed by atoms with Crippen LogP contribution in [0.1, 0.15) is 58.3 Å². The lowest BCUT2D eigenvalue weighted by molar-refractivity contribution is 0.0731. The highest BCUT2D eigenvalue weighted by atomic mass is 15.2. The molecule has 0 N–H and O–H groups in total. The zero-order valence-corrected chi connectivity index (χ0v) is 10.8. The van der Waals surface area contributed by atoms with Crippen molar-refractivity contribution in [3.63, 3.8) is 0 Å². The molecule has 1 saturated heterocycles. The zero-order valence-electron chi connectivity index (χ0n) is 10.8. The normalized spacial score (nSPS) is 45.6. The summed E-state index contributed by atoms with van der Waals surface area (Å²) < 4.78 is 0.